The first kappa shape index (κ1) is 25.7. The molecule has 0 spiro atoms. The fraction of sp³-hybridized carbons (Fsp3) is 0.429. The summed E-state index contributed by atoms with van der Waals surface area (Å²) < 4.78 is 10.6. The van der Waals surface area contributed by atoms with Gasteiger partial charge in [0.1, 0.15) is 17.3 Å². The third-order valence-corrected chi connectivity index (χ3v) is 7.11. The van der Waals surface area contributed by atoms with E-state index in [0.29, 0.717) is 18.3 Å². The van der Waals surface area contributed by atoms with Crippen LogP contribution in [0.15, 0.2) is 46.2 Å². The maximum Gasteiger partial charge on any atom is 0.227 e. The van der Waals surface area contributed by atoms with Crippen LogP contribution in [0.25, 0.3) is 11.0 Å². The summed E-state index contributed by atoms with van der Waals surface area (Å²) >= 11 is 0. The summed E-state index contributed by atoms with van der Waals surface area (Å²) in [6.45, 7) is 8.42. The highest BCUT2D eigenvalue weighted by Crippen LogP contribution is 2.30. The SMILES string of the molecule is CCC(CC=Nc1c(C)nc(N2CCN(C)CC2)nc1NCc1nc2ccc(OC)cc2[nH]1)c1ccoc1. The third kappa shape index (κ3) is 5.80. The van der Waals surface area contributed by atoms with Crippen molar-refractivity contribution in [2.75, 3.05) is 50.6 Å². The number of fused-ring (bicyclic) bond motifs is 1. The van der Waals surface area contributed by atoms with Crippen molar-refractivity contribution in [2.24, 2.45) is 4.99 Å². The molecule has 1 aliphatic rings. The number of piperazine rings is 1. The Bertz CT molecular complexity index is 1370. The lowest BCUT2D eigenvalue weighted by atomic mass is 9.96. The number of aromatic amines is 1. The third-order valence-electron chi connectivity index (χ3n) is 7.11. The van der Waals surface area contributed by atoms with Gasteiger partial charge in [-0.25, -0.2) is 9.97 Å². The lowest BCUT2D eigenvalue weighted by Gasteiger charge is -2.32. The second-order valence-electron chi connectivity index (χ2n) is 9.73. The van der Waals surface area contributed by atoms with Gasteiger partial charge in [-0.3, -0.25) is 4.99 Å². The van der Waals surface area contributed by atoms with E-state index in [2.05, 4.69) is 34.1 Å². The first-order chi connectivity index (χ1) is 18.5. The first-order valence-electron chi connectivity index (χ1n) is 13.2. The van der Waals surface area contributed by atoms with Crippen LogP contribution in [0.4, 0.5) is 17.5 Å². The molecular formula is C28H36N8O2. The van der Waals surface area contributed by atoms with Crippen LogP contribution in [0, 0.1) is 6.92 Å². The number of hydrogen-bond donors (Lipinski definition) is 2. The predicted octanol–water partition coefficient (Wildman–Crippen LogP) is 4.91. The van der Waals surface area contributed by atoms with Gasteiger partial charge in [-0.2, -0.15) is 4.98 Å². The molecule has 4 heterocycles. The van der Waals surface area contributed by atoms with E-state index < -0.39 is 0 Å². The van der Waals surface area contributed by atoms with Crippen LogP contribution in [0.1, 0.15) is 42.8 Å². The number of hydrogen-bond acceptors (Lipinski definition) is 9. The minimum Gasteiger partial charge on any atom is -0.497 e. The molecule has 3 aromatic heterocycles. The fourth-order valence-corrected chi connectivity index (χ4v) is 4.71. The largest absolute Gasteiger partial charge is 0.497 e. The zero-order valence-electron chi connectivity index (χ0n) is 22.6. The monoisotopic (exact) mass is 516 g/mol. The van der Waals surface area contributed by atoms with Crippen molar-refractivity contribution in [1.82, 2.24) is 24.8 Å². The normalized spacial score (nSPS) is 15.4. The quantitative estimate of drug-likeness (QED) is 0.286. The van der Waals surface area contributed by atoms with Crippen LogP contribution in [-0.4, -0.2) is 71.4 Å². The van der Waals surface area contributed by atoms with Crippen LogP contribution in [-0.2, 0) is 6.54 Å². The molecule has 4 aromatic rings. The first-order valence-corrected chi connectivity index (χ1v) is 13.2. The lowest BCUT2D eigenvalue weighted by Crippen LogP contribution is -2.45. The second-order valence-corrected chi connectivity index (χ2v) is 9.73. The Morgan fingerprint density at radius 3 is 2.76 bits per heavy atom. The highest BCUT2D eigenvalue weighted by atomic mass is 16.5. The van der Waals surface area contributed by atoms with Crippen molar-refractivity contribution in [3.8, 4) is 5.75 Å². The molecule has 1 aromatic carbocycles. The Morgan fingerprint density at radius 2 is 2.03 bits per heavy atom. The van der Waals surface area contributed by atoms with Crippen LogP contribution in [0.2, 0.25) is 0 Å². The van der Waals surface area contributed by atoms with Gasteiger partial charge in [0.25, 0.3) is 0 Å². The standard InChI is InChI=1S/C28H36N8O2/c1-5-20(21-9-15-38-18-21)8-10-29-26-19(2)31-28(36-13-11-35(3)12-14-36)34-27(26)30-17-25-32-23-7-6-22(37-4)16-24(23)33-25/h6-7,9-10,15-16,18,20H,5,8,11-14,17H2,1-4H3,(H,32,33)(H,30,31,34). The number of anilines is 2. The van der Waals surface area contributed by atoms with E-state index in [9.17, 15) is 0 Å². The summed E-state index contributed by atoms with van der Waals surface area (Å²) in [5.74, 6) is 3.40. The Hall–Kier alpha value is -3.92. The number of aliphatic imine (C=N–C) groups is 1. The van der Waals surface area contributed by atoms with E-state index in [-0.39, 0.29) is 0 Å². The van der Waals surface area contributed by atoms with E-state index in [1.54, 1.807) is 13.4 Å². The number of aryl methyl sites for hydroxylation is 1. The smallest absolute Gasteiger partial charge is 0.227 e. The zero-order chi connectivity index (χ0) is 26.5. The average molecular weight is 517 g/mol. The van der Waals surface area contributed by atoms with E-state index in [1.807, 2.05) is 43.7 Å². The van der Waals surface area contributed by atoms with Gasteiger partial charge in [0.15, 0.2) is 5.82 Å². The van der Waals surface area contributed by atoms with Crippen molar-refractivity contribution in [3.63, 3.8) is 0 Å². The number of H-pyrrole nitrogens is 1. The average Bonchev–Trinajstić information content (AvgIpc) is 3.61. The van der Waals surface area contributed by atoms with E-state index >= 15 is 0 Å². The number of nitrogens with zero attached hydrogens (tertiary/aromatic N) is 6. The molecule has 1 aliphatic heterocycles. The molecule has 1 atom stereocenters. The van der Waals surface area contributed by atoms with Gasteiger partial charge < -0.3 is 29.3 Å². The van der Waals surface area contributed by atoms with Crippen molar-refractivity contribution < 1.29 is 9.15 Å². The number of benzene rings is 1. The summed E-state index contributed by atoms with van der Waals surface area (Å²) in [7, 11) is 3.81. The molecule has 5 rings (SSSR count). The minimum atomic E-state index is 0.354. The molecule has 0 bridgehead atoms. The van der Waals surface area contributed by atoms with Gasteiger partial charge in [-0.1, -0.05) is 6.92 Å². The Balaban J connectivity index is 1.39. The molecule has 38 heavy (non-hydrogen) atoms. The summed E-state index contributed by atoms with van der Waals surface area (Å²) in [6, 6.07) is 7.84. The molecule has 1 unspecified atom stereocenters. The Labute approximate surface area is 223 Å². The van der Waals surface area contributed by atoms with Crippen LogP contribution in [0.5, 0.6) is 5.75 Å². The number of ether oxygens (including phenoxy) is 1. The topological polar surface area (TPSA) is 108 Å². The zero-order valence-corrected chi connectivity index (χ0v) is 22.6. The Morgan fingerprint density at radius 1 is 1.18 bits per heavy atom. The summed E-state index contributed by atoms with van der Waals surface area (Å²) in [5.41, 5.74) is 4.61. The molecule has 200 valence electrons. The summed E-state index contributed by atoms with van der Waals surface area (Å²) in [5, 5.41) is 3.49. The molecule has 10 heteroatoms. The molecule has 1 fully saturated rings. The number of methoxy groups -OCH3 is 1. The molecule has 10 nitrogen and oxygen atoms in total. The predicted molar refractivity (Wildman–Crippen MR) is 151 cm³/mol. The van der Waals surface area contributed by atoms with E-state index in [4.69, 9.17) is 29.1 Å². The fourth-order valence-electron chi connectivity index (χ4n) is 4.71. The molecule has 1 saturated heterocycles. The number of aromatic nitrogens is 4. The maximum absolute atomic E-state index is 5.34. The lowest BCUT2D eigenvalue weighted by molar-refractivity contribution is 0.311. The highest BCUT2D eigenvalue weighted by Gasteiger charge is 2.20. The molecule has 2 N–H and O–H groups in total. The highest BCUT2D eigenvalue weighted by molar-refractivity contribution is 5.77. The number of furan rings is 1. The minimum absolute atomic E-state index is 0.354. The number of imidazole rings is 1. The summed E-state index contributed by atoms with van der Waals surface area (Å²) in [4.78, 5) is 27.3. The number of nitrogens with one attached hydrogen (secondary N) is 2. The van der Waals surface area contributed by atoms with Crippen molar-refractivity contribution in [2.45, 2.75) is 39.2 Å². The van der Waals surface area contributed by atoms with Crippen LogP contribution < -0.4 is 15.0 Å². The Kier molecular flexibility index (Phi) is 7.88. The van der Waals surface area contributed by atoms with Gasteiger partial charge in [-0.05, 0) is 56.5 Å². The molecule has 0 aliphatic carbocycles. The van der Waals surface area contributed by atoms with Crippen molar-refractivity contribution in [1.29, 1.82) is 0 Å². The van der Waals surface area contributed by atoms with Crippen molar-refractivity contribution in [3.05, 3.63) is 53.9 Å². The van der Waals surface area contributed by atoms with Gasteiger partial charge >= 0.3 is 0 Å². The molecule has 0 radical (unpaired) electrons. The van der Waals surface area contributed by atoms with Gasteiger partial charge in [0, 0.05) is 38.5 Å². The van der Waals surface area contributed by atoms with Crippen molar-refractivity contribution >= 4 is 34.7 Å². The molecular weight excluding hydrogens is 480 g/mol. The van der Waals surface area contributed by atoms with E-state index in [1.165, 1.54) is 5.56 Å². The van der Waals surface area contributed by atoms with Gasteiger partial charge in [0.2, 0.25) is 5.95 Å². The summed E-state index contributed by atoms with van der Waals surface area (Å²) in [6.07, 6.45) is 7.32. The number of rotatable bonds is 10. The molecule has 0 saturated carbocycles. The van der Waals surface area contributed by atoms with Gasteiger partial charge in [-0.15, -0.1) is 0 Å². The molecule has 0 amide bonds. The maximum atomic E-state index is 5.34. The van der Waals surface area contributed by atoms with E-state index in [0.717, 1.165) is 79.0 Å². The van der Waals surface area contributed by atoms with Gasteiger partial charge in [0.05, 0.1) is 42.9 Å². The second kappa shape index (κ2) is 11.6. The number of likely N-dealkylation sites (N-methyl/N-ethyl adjacent to an activating group) is 1. The van der Waals surface area contributed by atoms with Crippen LogP contribution >= 0.6 is 0 Å². The van der Waals surface area contributed by atoms with Crippen LogP contribution in [0.3, 0.4) is 0 Å².